The van der Waals surface area contributed by atoms with Crippen molar-refractivity contribution in [2.24, 2.45) is 5.92 Å². The number of rotatable bonds is 7. The Kier molecular flexibility index (Phi) is 6.73. The van der Waals surface area contributed by atoms with Crippen LogP contribution in [0.25, 0.3) is 0 Å². The summed E-state index contributed by atoms with van der Waals surface area (Å²) >= 11 is 0. The molecule has 0 aliphatic carbocycles. The average molecular weight is 379 g/mol. The molecule has 0 nitrogen and oxygen atoms in total. The normalized spacial score (nSPS) is 13.6. The molecule has 0 bridgehead atoms. The highest BCUT2D eigenvalue weighted by molar-refractivity contribution is 5.52. The van der Waals surface area contributed by atoms with Crippen LogP contribution in [0, 0.1) is 12.8 Å². The van der Waals surface area contributed by atoms with Gasteiger partial charge in [0.15, 0.2) is 0 Å². The van der Waals surface area contributed by atoms with E-state index in [0.717, 1.165) is 12.8 Å². The Morgan fingerprint density at radius 1 is 0.897 bits per heavy atom. The number of benzene rings is 3. The average Bonchev–Trinajstić information content (AvgIpc) is 2.75. The van der Waals surface area contributed by atoms with Gasteiger partial charge in [0.2, 0.25) is 0 Å². The van der Waals surface area contributed by atoms with Crippen molar-refractivity contribution >= 4 is 0 Å². The largest absolute Gasteiger partial charge is 0.0785 e. The van der Waals surface area contributed by atoms with Crippen LogP contribution in [0.4, 0.5) is 0 Å². The van der Waals surface area contributed by atoms with Crippen molar-refractivity contribution in [1.82, 2.24) is 0 Å². The molecular weight excluding hydrogens is 348 g/mol. The maximum absolute atomic E-state index is 3.56. The van der Waals surface area contributed by atoms with Gasteiger partial charge in [-0.25, -0.2) is 0 Å². The highest BCUT2D eigenvalue weighted by Gasteiger charge is 2.32. The molecule has 0 amide bonds. The zero-order valence-corrected chi connectivity index (χ0v) is 17.8. The lowest BCUT2D eigenvalue weighted by Crippen LogP contribution is -2.26. The van der Waals surface area contributed by atoms with Gasteiger partial charge < -0.3 is 0 Å². The third kappa shape index (κ3) is 4.69. The van der Waals surface area contributed by atoms with E-state index in [9.17, 15) is 0 Å². The Morgan fingerprint density at radius 3 is 2.17 bits per heavy atom. The third-order valence-corrected chi connectivity index (χ3v) is 5.87. The summed E-state index contributed by atoms with van der Waals surface area (Å²) in [7, 11) is 0. The van der Waals surface area contributed by atoms with Crippen LogP contribution in [0.5, 0.6) is 0 Å². The molecule has 3 aromatic carbocycles. The first-order valence-electron chi connectivity index (χ1n) is 10.4. The highest BCUT2D eigenvalue weighted by atomic mass is 14.3. The minimum atomic E-state index is -0.186. The summed E-state index contributed by atoms with van der Waals surface area (Å²) in [5, 5.41) is 0. The van der Waals surface area contributed by atoms with Gasteiger partial charge in [-0.1, -0.05) is 97.2 Å². The molecule has 3 rings (SSSR count). The SMILES string of the molecule is C=C=C=CC[C@H](C)Cc1ccc(C(C)(c2ccccc2)c2ccccc2C)cc1. The molecule has 0 saturated heterocycles. The first-order chi connectivity index (χ1) is 14.1. The molecule has 3 aromatic rings. The van der Waals surface area contributed by atoms with E-state index < -0.39 is 0 Å². The number of hydrogen-bond acceptors (Lipinski definition) is 0. The fourth-order valence-corrected chi connectivity index (χ4v) is 4.18. The van der Waals surface area contributed by atoms with E-state index in [-0.39, 0.29) is 5.41 Å². The van der Waals surface area contributed by atoms with Gasteiger partial charge in [0, 0.05) is 5.41 Å². The molecule has 2 atom stereocenters. The van der Waals surface area contributed by atoms with Crippen LogP contribution in [0.1, 0.15) is 48.1 Å². The minimum absolute atomic E-state index is 0.186. The molecule has 0 saturated carbocycles. The van der Waals surface area contributed by atoms with Gasteiger partial charge in [0.1, 0.15) is 0 Å². The van der Waals surface area contributed by atoms with Crippen LogP contribution in [-0.4, -0.2) is 0 Å². The molecule has 146 valence electrons. The quantitative estimate of drug-likeness (QED) is 0.296. The second-order valence-corrected chi connectivity index (χ2v) is 8.07. The number of hydrogen-bond donors (Lipinski definition) is 0. The molecule has 0 fully saturated rings. The first kappa shape index (κ1) is 20.7. The van der Waals surface area contributed by atoms with Crippen LogP contribution >= 0.6 is 0 Å². The second-order valence-electron chi connectivity index (χ2n) is 8.07. The summed E-state index contributed by atoms with van der Waals surface area (Å²) in [6, 6.07) is 28.7. The van der Waals surface area contributed by atoms with Crippen molar-refractivity contribution < 1.29 is 0 Å². The fraction of sp³-hybridized carbons (Fsp3) is 0.241. The van der Waals surface area contributed by atoms with E-state index in [4.69, 9.17) is 0 Å². The smallest absolute Gasteiger partial charge is 0.0425 e. The summed E-state index contributed by atoms with van der Waals surface area (Å²) in [6.07, 6.45) is 4.08. The maximum Gasteiger partial charge on any atom is 0.0425 e. The lowest BCUT2D eigenvalue weighted by Gasteiger charge is -2.33. The molecule has 0 radical (unpaired) electrons. The van der Waals surface area contributed by atoms with Gasteiger partial charge in [-0.15, -0.1) is 0 Å². The Balaban J connectivity index is 1.97. The highest BCUT2D eigenvalue weighted by Crippen LogP contribution is 2.40. The molecule has 0 aliphatic rings. The summed E-state index contributed by atoms with van der Waals surface area (Å²) in [5.41, 5.74) is 12.1. The van der Waals surface area contributed by atoms with Crippen LogP contribution in [0.3, 0.4) is 0 Å². The van der Waals surface area contributed by atoms with E-state index in [1.165, 1.54) is 27.8 Å². The van der Waals surface area contributed by atoms with Gasteiger partial charge in [-0.3, -0.25) is 0 Å². The van der Waals surface area contributed by atoms with Crippen molar-refractivity contribution in [3.63, 3.8) is 0 Å². The summed E-state index contributed by atoms with van der Waals surface area (Å²) in [5.74, 6) is 0.568. The summed E-state index contributed by atoms with van der Waals surface area (Å²) in [6.45, 7) is 10.4. The molecule has 0 spiro atoms. The molecular formula is C29H30. The van der Waals surface area contributed by atoms with Gasteiger partial charge >= 0.3 is 0 Å². The van der Waals surface area contributed by atoms with Crippen LogP contribution in [-0.2, 0) is 11.8 Å². The number of allylic oxidation sites excluding steroid dienone is 1. The zero-order chi connectivity index (χ0) is 20.7. The Bertz CT molecular complexity index is 1010. The van der Waals surface area contributed by atoms with Gasteiger partial charge in [0.05, 0.1) is 0 Å². The molecule has 0 aromatic heterocycles. The molecule has 29 heavy (non-hydrogen) atoms. The van der Waals surface area contributed by atoms with Crippen molar-refractivity contribution in [2.45, 2.75) is 39.0 Å². The van der Waals surface area contributed by atoms with E-state index in [1.54, 1.807) is 0 Å². The first-order valence-corrected chi connectivity index (χ1v) is 10.4. The molecule has 0 heteroatoms. The Morgan fingerprint density at radius 2 is 1.52 bits per heavy atom. The van der Waals surface area contributed by atoms with Crippen molar-refractivity contribution in [1.29, 1.82) is 0 Å². The van der Waals surface area contributed by atoms with E-state index in [0.29, 0.717) is 5.92 Å². The summed E-state index contributed by atoms with van der Waals surface area (Å²) in [4.78, 5) is 0. The second kappa shape index (κ2) is 9.44. The van der Waals surface area contributed by atoms with Crippen LogP contribution in [0.2, 0.25) is 0 Å². The van der Waals surface area contributed by atoms with Crippen molar-refractivity contribution in [3.05, 3.63) is 131 Å². The lowest BCUT2D eigenvalue weighted by atomic mass is 9.69. The minimum Gasteiger partial charge on any atom is -0.0785 e. The predicted molar refractivity (Wildman–Crippen MR) is 124 cm³/mol. The Hall–Kier alpha value is -3.04. The van der Waals surface area contributed by atoms with Crippen LogP contribution in [0.15, 0.2) is 103 Å². The van der Waals surface area contributed by atoms with Crippen molar-refractivity contribution in [2.75, 3.05) is 0 Å². The lowest BCUT2D eigenvalue weighted by molar-refractivity contribution is 0.589. The summed E-state index contributed by atoms with van der Waals surface area (Å²) < 4.78 is 0. The van der Waals surface area contributed by atoms with Gasteiger partial charge in [-0.2, -0.15) is 0 Å². The predicted octanol–water partition coefficient (Wildman–Crippen LogP) is 7.41. The van der Waals surface area contributed by atoms with E-state index in [1.807, 2.05) is 6.08 Å². The van der Waals surface area contributed by atoms with Gasteiger partial charge in [0.25, 0.3) is 0 Å². The monoisotopic (exact) mass is 378 g/mol. The molecule has 1 unspecified atom stereocenters. The topological polar surface area (TPSA) is 0 Å². The van der Waals surface area contributed by atoms with E-state index >= 15 is 0 Å². The van der Waals surface area contributed by atoms with Crippen molar-refractivity contribution in [3.8, 4) is 0 Å². The maximum atomic E-state index is 3.56. The van der Waals surface area contributed by atoms with Crippen LogP contribution < -0.4 is 0 Å². The fourth-order valence-electron chi connectivity index (χ4n) is 4.18. The molecule has 0 aliphatic heterocycles. The third-order valence-electron chi connectivity index (χ3n) is 5.87. The van der Waals surface area contributed by atoms with E-state index in [2.05, 4.69) is 118 Å². The Labute approximate surface area is 175 Å². The number of aryl methyl sites for hydroxylation is 1. The zero-order valence-electron chi connectivity index (χ0n) is 17.8. The molecule has 0 heterocycles. The van der Waals surface area contributed by atoms with Gasteiger partial charge in [-0.05, 0) is 73.1 Å². The molecule has 0 N–H and O–H groups in total. The standard InChI is InChI=1S/C29H30/c1-5-6-8-13-23(2)22-25-18-20-27(21-19-25)29(4,26-15-9-7-10-16-26)28-17-12-11-14-24(28)3/h7-12,14-21,23H,1,13,22H2,2-4H3/t23-,29?/m0/s1.